The van der Waals surface area contributed by atoms with Gasteiger partial charge in [-0.2, -0.15) is 4.31 Å². The molecule has 0 saturated heterocycles. The van der Waals surface area contributed by atoms with Crippen LogP contribution in [0.4, 0.5) is 5.69 Å². The summed E-state index contributed by atoms with van der Waals surface area (Å²) in [5, 5.41) is 2.82. The summed E-state index contributed by atoms with van der Waals surface area (Å²) < 4.78 is 25.3. The minimum absolute atomic E-state index is 0.0471. The maximum atomic E-state index is 12.2. The highest BCUT2D eigenvalue weighted by molar-refractivity contribution is 7.88. The van der Waals surface area contributed by atoms with E-state index < -0.39 is 10.0 Å². The fourth-order valence-electron chi connectivity index (χ4n) is 2.56. The topological polar surface area (TPSA) is 79.4 Å². The van der Waals surface area contributed by atoms with E-state index in [0.29, 0.717) is 5.69 Å². The summed E-state index contributed by atoms with van der Waals surface area (Å²) in [5.74, 6) is -0.220. The molecule has 27 heavy (non-hydrogen) atoms. The van der Waals surface area contributed by atoms with E-state index in [1.165, 1.54) is 9.87 Å². The lowest BCUT2D eigenvalue weighted by atomic mass is 9.87. The third-order valence-corrected chi connectivity index (χ3v) is 5.45. The monoisotopic (exact) mass is 389 g/mol. The molecule has 1 aromatic carbocycles. The second kappa shape index (κ2) is 8.63. The SMILES string of the molecule is CC(C)(C)c1ccc(NC(=O)CCN(Cc2ccncc2)S(C)(=O)=O)cc1. The number of benzene rings is 1. The van der Waals surface area contributed by atoms with Gasteiger partial charge in [0.15, 0.2) is 0 Å². The molecule has 1 amide bonds. The van der Waals surface area contributed by atoms with Gasteiger partial charge in [0.25, 0.3) is 0 Å². The number of rotatable bonds is 7. The van der Waals surface area contributed by atoms with Crippen LogP contribution >= 0.6 is 0 Å². The van der Waals surface area contributed by atoms with Gasteiger partial charge in [0.2, 0.25) is 15.9 Å². The van der Waals surface area contributed by atoms with Crippen molar-refractivity contribution >= 4 is 21.6 Å². The Bertz CT molecular complexity index is 858. The smallest absolute Gasteiger partial charge is 0.225 e. The number of amides is 1. The quantitative estimate of drug-likeness (QED) is 0.789. The van der Waals surface area contributed by atoms with Crippen molar-refractivity contribution in [3.05, 3.63) is 59.9 Å². The molecule has 7 heteroatoms. The maximum Gasteiger partial charge on any atom is 0.225 e. The van der Waals surface area contributed by atoms with Crippen LogP contribution < -0.4 is 5.32 Å². The zero-order chi connectivity index (χ0) is 20.1. The summed E-state index contributed by atoms with van der Waals surface area (Å²) >= 11 is 0. The van der Waals surface area contributed by atoms with Crippen molar-refractivity contribution < 1.29 is 13.2 Å². The molecule has 0 spiro atoms. The summed E-state index contributed by atoms with van der Waals surface area (Å²) in [6.07, 6.45) is 4.46. The van der Waals surface area contributed by atoms with E-state index >= 15 is 0 Å². The first-order valence-electron chi connectivity index (χ1n) is 8.80. The largest absolute Gasteiger partial charge is 0.326 e. The van der Waals surface area contributed by atoms with Crippen molar-refractivity contribution in [3.8, 4) is 0 Å². The number of nitrogens with one attached hydrogen (secondary N) is 1. The van der Waals surface area contributed by atoms with Crippen molar-refractivity contribution in [1.82, 2.24) is 9.29 Å². The van der Waals surface area contributed by atoms with E-state index in [9.17, 15) is 13.2 Å². The Morgan fingerprint density at radius 1 is 1.07 bits per heavy atom. The first-order chi connectivity index (χ1) is 12.6. The normalized spacial score (nSPS) is 12.2. The molecule has 0 fully saturated rings. The number of hydrogen-bond acceptors (Lipinski definition) is 4. The van der Waals surface area contributed by atoms with Crippen LogP contribution in [0.2, 0.25) is 0 Å². The van der Waals surface area contributed by atoms with Crippen molar-refractivity contribution in [2.45, 2.75) is 39.2 Å². The van der Waals surface area contributed by atoms with Gasteiger partial charge in [-0.1, -0.05) is 32.9 Å². The van der Waals surface area contributed by atoms with E-state index in [1.54, 1.807) is 24.5 Å². The van der Waals surface area contributed by atoms with Crippen LogP contribution in [0, 0.1) is 0 Å². The third-order valence-electron chi connectivity index (χ3n) is 4.20. The van der Waals surface area contributed by atoms with E-state index in [1.807, 2.05) is 24.3 Å². The highest BCUT2D eigenvalue weighted by Gasteiger charge is 2.18. The van der Waals surface area contributed by atoms with E-state index in [2.05, 4.69) is 31.1 Å². The molecule has 1 aromatic heterocycles. The fraction of sp³-hybridized carbons (Fsp3) is 0.400. The van der Waals surface area contributed by atoms with Gasteiger partial charge in [-0.05, 0) is 40.8 Å². The van der Waals surface area contributed by atoms with E-state index in [-0.39, 0.29) is 30.8 Å². The van der Waals surface area contributed by atoms with Crippen LogP contribution in [-0.2, 0) is 26.8 Å². The number of hydrogen-bond donors (Lipinski definition) is 1. The molecule has 0 bridgehead atoms. The molecule has 0 aliphatic carbocycles. The van der Waals surface area contributed by atoms with Gasteiger partial charge in [-0.3, -0.25) is 9.78 Å². The average molecular weight is 390 g/mol. The molecule has 0 unspecified atom stereocenters. The van der Waals surface area contributed by atoms with Crippen LogP contribution in [0.3, 0.4) is 0 Å². The minimum Gasteiger partial charge on any atom is -0.326 e. The number of aromatic nitrogens is 1. The predicted octanol–water partition coefficient (Wildman–Crippen LogP) is 3.17. The predicted molar refractivity (Wildman–Crippen MR) is 108 cm³/mol. The molecular weight excluding hydrogens is 362 g/mol. The number of nitrogens with zero attached hydrogens (tertiary/aromatic N) is 2. The van der Waals surface area contributed by atoms with Crippen molar-refractivity contribution in [2.24, 2.45) is 0 Å². The zero-order valence-electron chi connectivity index (χ0n) is 16.3. The Kier molecular flexibility index (Phi) is 6.73. The third kappa shape index (κ3) is 6.77. The molecule has 1 N–H and O–H groups in total. The summed E-state index contributed by atoms with van der Waals surface area (Å²) in [7, 11) is -3.42. The molecule has 1 heterocycles. The minimum atomic E-state index is -3.42. The molecule has 0 aliphatic heterocycles. The Morgan fingerprint density at radius 3 is 2.19 bits per heavy atom. The molecule has 0 radical (unpaired) electrons. The zero-order valence-corrected chi connectivity index (χ0v) is 17.1. The van der Waals surface area contributed by atoms with Gasteiger partial charge in [0.05, 0.1) is 6.26 Å². The molecule has 2 rings (SSSR count). The lowest BCUT2D eigenvalue weighted by Gasteiger charge is -2.20. The summed E-state index contributed by atoms with van der Waals surface area (Å²) in [5.41, 5.74) is 2.76. The Morgan fingerprint density at radius 2 is 1.67 bits per heavy atom. The summed E-state index contributed by atoms with van der Waals surface area (Å²) in [6, 6.07) is 11.2. The van der Waals surface area contributed by atoms with Crippen molar-refractivity contribution in [1.29, 1.82) is 0 Å². The average Bonchev–Trinajstić information content (AvgIpc) is 2.58. The van der Waals surface area contributed by atoms with Crippen molar-refractivity contribution in [3.63, 3.8) is 0 Å². The number of pyridine rings is 1. The van der Waals surface area contributed by atoms with Crippen LogP contribution in [0.1, 0.15) is 38.3 Å². The Labute approximate surface area is 161 Å². The number of anilines is 1. The highest BCUT2D eigenvalue weighted by Crippen LogP contribution is 2.23. The lowest BCUT2D eigenvalue weighted by molar-refractivity contribution is -0.116. The molecule has 0 aliphatic rings. The lowest BCUT2D eigenvalue weighted by Crippen LogP contribution is -2.32. The van der Waals surface area contributed by atoms with Gasteiger partial charge in [-0.15, -0.1) is 0 Å². The van der Waals surface area contributed by atoms with Gasteiger partial charge in [0.1, 0.15) is 0 Å². The second-order valence-electron chi connectivity index (χ2n) is 7.58. The second-order valence-corrected chi connectivity index (χ2v) is 9.56. The van der Waals surface area contributed by atoms with Crippen LogP contribution in [0.5, 0.6) is 0 Å². The fourth-order valence-corrected chi connectivity index (χ4v) is 3.36. The van der Waals surface area contributed by atoms with Crippen LogP contribution in [-0.4, -0.2) is 36.4 Å². The van der Waals surface area contributed by atoms with Gasteiger partial charge < -0.3 is 5.32 Å². The first kappa shape index (κ1) is 21.1. The standard InChI is InChI=1S/C20H27N3O3S/c1-20(2,3)17-5-7-18(8-6-17)22-19(24)11-14-23(27(4,25)26)15-16-9-12-21-13-10-16/h5-10,12-13H,11,14-15H2,1-4H3,(H,22,24). The molecule has 0 saturated carbocycles. The molecule has 146 valence electrons. The van der Waals surface area contributed by atoms with Crippen LogP contribution in [0.25, 0.3) is 0 Å². The van der Waals surface area contributed by atoms with Crippen molar-refractivity contribution in [2.75, 3.05) is 18.1 Å². The Hall–Kier alpha value is -2.25. The van der Waals surface area contributed by atoms with Crippen LogP contribution in [0.15, 0.2) is 48.8 Å². The number of carbonyl (C=O) groups excluding carboxylic acids is 1. The first-order valence-corrected chi connectivity index (χ1v) is 10.6. The number of carbonyl (C=O) groups is 1. The molecule has 0 atom stereocenters. The summed E-state index contributed by atoms with van der Waals surface area (Å²) in [6.45, 7) is 6.72. The Balaban J connectivity index is 1.95. The van der Waals surface area contributed by atoms with Gasteiger partial charge >= 0.3 is 0 Å². The molecule has 6 nitrogen and oxygen atoms in total. The van der Waals surface area contributed by atoms with Gasteiger partial charge in [0, 0.05) is 37.6 Å². The maximum absolute atomic E-state index is 12.2. The van der Waals surface area contributed by atoms with Gasteiger partial charge in [-0.25, -0.2) is 8.42 Å². The molecule has 2 aromatic rings. The van der Waals surface area contributed by atoms with E-state index in [4.69, 9.17) is 0 Å². The van der Waals surface area contributed by atoms with E-state index in [0.717, 1.165) is 11.8 Å². The highest BCUT2D eigenvalue weighted by atomic mass is 32.2. The molecular formula is C20H27N3O3S. The summed E-state index contributed by atoms with van der Waals surface area (Å²) in [4.78, 5) is 16.2. The number of sulfonamides is 1.